The molecular formula is C23H18N3O3+. The molecule has 6 nitrogen and oxygen atoms in total. The van der Waals surface area contributed by atoms with Crippen LogP contribution >= 0.6 is 0 Å². The van der Waals surface area contributed by atoms with Crippen molar-refractivity contribution in [3.05, 3.63) is 72.3 Å². The van der Waals surface area contributed by atoms with Crippen molar-refractivity contribution in [2.75, 3.05) is 16.8 Å². The predicted octanol–water partition coefficient (Wildman–Crippen LogP) is 1.37. The normalized spacial score (nSPS) is 27.6. The first-order chi connectivity index (χ1) is 14.1. The Morgan fingerprint density at radius 3 is 2.52 bits per heavy atom. The van der Waals surface area contributed by atoms with Crippen molar-refractivity contribution in [2.45, 2.75) is 5.54 Å². The fourth-order valence-electron chi connectivity index (χ4n) is 5.30. The number of nitrogens with two attached hydrogens (primary N) is 1. The van der Waals surface area contributed by atoms with Gasteiger partial charge >= 0.3 is 0 Å². The molecule has 3 atom stereocenters. The number of benzene rings is 3. The highest BCUT2D eigenvalue weighted by molar-refractivity contribution is 6.25. The minimum Gasteiger partial charge on any atom is -0.328 e. The SMILES string of the molecule is O=C1[C@@H]2[C@@H](C[NH2+][C@@]23C(=O)Nc2ccccc23)C(=O)N1c1ccc2ccccc2c1. The molecule has 1 spiro atoms. The molecule has 6 heteroatoms. The van der Waals surface area contributed by atoms with Gasteiger partial charge in [-0.05, 0) is 29.0 Å². The van der Waals surface area contributed by atoms with Crippen LogP contribution in [0.5, 0.6) is 0 Å². The molecule has 142 valence electrons. The average molecular weight is 384 g/mol. The molecule has 3 aliphatic rings. The lowest BCUT2D eigenvalue weighted by atomic mass is 9.77. The summed E-state index contributed by atoms with van der Waals surface area (Å²) < 4.78 is 0. The van der Waals surface area contributed by atoms with Crippen molar-refractivity contribution in [1.82, 2.24) is 0 Å². The topological polar surface area (TPSA) is 83.1 Å². The van der Waals surface area contributed by atoms with Crippen LogP contribution in [0.4, 0.5) is 11.4 Å². The van der Waals surface area contributed by atoms with E-state index in [2.05, 4.69) is 5.32 Å². The lowest BCUT2D eigenvalue weighted by Gasteiger charge is -2.25. The van der Waals surface area contributed by atoms with E-state index in [0.29, 0.717) is 12.2 Å². The van der Waals surface area contributed by atoms with E-state index < -0.39 is 17.4 Å². The van der Waals surface area contributed by atoms with Gasteiger partial charge in [-0.1, -0.05) is 48.5 Å². The van der Waals surface area contributed by atoms with Gasteiger partial charge in [-0.15, -0.1) is 0 Å². The van der Waals surface area contributed by atoms with Crippen LogP contribution in [-0.2, 0) is 19.9 Å². The second-order valence-electron chi connectivity index (χ2n) is 7.94. The van der Waals surface area contributed by atoms with E-state index >= 15 is 0 Å². The molecule has 3 aromatic rings. The lowest BCUT2D eigenvalue weighted by Crippen LogP contribution is -2.95. The number of rotatable bonds is 1. The predicted molar refractivity (Wildman–Crippen MR) is 107 cm³/mol. The van der Waals surface area contributed by atoms with Crippen LogP contribution in [0.3, 0.4) is 0 Å². The zero-order valence-electron chi connectivity index (χ0n) is 15.5. The molecule has 0 radical (unpaired) electrons. The third-order valence-electron chi connectivity index (χ3n) is 6.60. The number of hydrogen-bond acceptors (Lipinski definition) is 3. The summed E-state index contributed by atoms with van der Waals surface area (Å²) in [4.78, 5) is 41.1. The Hall–Kier alpha value is -3.51. The van der Waals surface area contributed by atoms with E-state index in [1.54, 1.807) is 6.07 Å². The molecule has 0 unspecified atom stereocenters. The van der Waals surface area contributed by atoms with Gasteiger partial charge < -0.3 is 10.6 Å². The quantitative estimate of drug-likeness (QED) is 0.622. The summed E-state index contributed by atoms with van der Waals surface area (Å²) in [5, 5.41) is 6.79. The molecule has 0 saturated carbocycles. The molecule has 2 fully saturated rings. The monoisotopic (exact) mass is 384 g/mol. The fraction of sp³-hybridized carbons (Fsp3) is 0.174. The van der Waals surface area contributed by atoms with E-state index in [-0.39, 0.29) is 17.7 Å². The zero-order chi connectivity index (χ0) is 19.8. The second-order valence-corrected chi connectivity index (χ2v) is 7.94. The Morgan fingerprint density at radius 2 is 1.66 bits per heavy atom. The Kier molecular flexibility index (Phi) is 3.13. The van der Waals surface area contributed by atoms with Gasteiger partial charge in [0.25, 0.3) is 5.91 Å². The molecule has 6 rings (SSSR count). The Labute approximate surface area is 166 Å². The van der Waals surface area contributed by atoms with Gasteiger partial charge in [-0.3, -0.25) is 14.4 Å². The van der Waals surface area contributed by atoms with Crippen molar-refractivity contribution >= 4 is 39.9 Å². The van der Waals surface area contributed by atoms with E-state index in [0.717, 1.165) is 22.0 Å². The van der Waals surface area contributed by atoms with Crippen LogP contribution in [0.2, 0.25) is 0 Å². The zero-order valence-corrected chi connectivity index (χ0v) is 15.5. The molecule has 3 aliphatic heterocycles. The highest BCUT2D eigenvalue weighted by Crippen LogP contribution is 2.48. The van der Waals surface area contributed by atoms with Crippen LogP contribution < -0.4 is 15.5 Å². The number of nitrogens with zero attached hydrogens (tertiary/aromatic N) is 1. The summed E-state index contributed by atoms with van der Waals surface area (Å²) in [5.41, 5.74) is 1.01. The van der Waals surface area contributed by atoms with Crippen LogP contribution in [0, 0.1) is 11.8 Å². The molecule has 0 bridgehead atoms. The first-order valence-electron chi connectivity index (χ1n) is 9.73. The van der Waals surface area contributed by atoms with Gasteiger partial charge in [0.1, 0.15) is 11.8 Å². The summed E-state index contributed by atoms with van der Waals surface area (Å²) in [6, 6.07) is 20.9. The highest BCUT2D eigenvalue weighted by Gasteiger charge is 2.71. The number of amides is 3. The number of carbonyl (C=O) groups excluding carboxylic acids is 3. The molecule has 2 saturated heterocycles. The number of quaternary nitrogens is 1. The first kappa shape index (κ1) is 16.4. The molecule has 29 heavy (non-hydrogen) atoms. The van der Waals surface area contributed by atoms with Gasteiger partial charge in [-0.25, -0.2) is 4.90 Å². The summed E-state index contributed by atoms with van der Waals surface area (Å²) in [6.45, 7) is 0.418. The van der Waals surface area contributed by atoms with Gasteiger partial charge in [0, 0.05) is 5.56 Å². The standard InChI is InChI=1S/C23H17N3O3/c27-20-16-12-24-23(17-7-3-4-8-18(17)25-22(23)29)19(16)21(28)26(20)15-10-9-13-5-1-2-6-14(13)11-15/h1-11,16,19,24H,12H2,(H,25,29)/p+1/t16-,19+,23-/m1/s1. The molecule has 0 aromatic heterocycles. The van der Waals surface area contributed by atoms with E-state index in [4.69, 9.17) is 0 Å². The molecular weight excluding hydrogens is 366 g/mol. The number of nitrogens with one attached hydrogen (secondary N) is 1. The maximum atomic E-state index is 13.6. The minimum absolute atomic E-state index is 0.215. The number of anilines is 2. The van der Waals surface area contributed by atoms with Gasteiger partial charge in [0.05, 0.1) is 17.9 Å². The number of para-hydroxylation sites is 1. The number of imide groups is 1. The first-order valence-corrected chi connectivity index (χ1v) is 9.73. The number of hydrogen-bond donors (Lipinski definition) is 2. The van der Waals surface area contributed by atoms with Crippen LogP contribution in [0.1, 0.15) is 5.56 Å². The molecule has 0 aliphatic carbocycles. The van der Waals surface area contributed by atoms with Crippen molar-refractivity contribution in [3.63, 3.8) is 0 Å². The van der Waals surface area contributed by atoms with E-state index in [9.17, 15) is 14.4 Å². The average Bonchev–Trinajstić information content (AvgIpc) is 3.35. The number of carbonyl (C=O) groups is 3. The highest BCUT2D eigenvalue weighted by atomic mass is 16.2. The van der Waals surface area contributed by atoms with Crippen molar-refractivity contribution in [2.24, 2.45) is 11.8 Å². The summed E-state index contributed by atoms with van der Waals surface area (Å²) in [6.07, 6.45) is 0. The molecule has 3 aromatic carbocycles. The van der Waals surface area contributed by atoms with Crippen LogP contribution in [0.25, 0.3) is 10.8 Å². The summed E-state index contributed by atoms with van der Waals surface area (Å²) in [7, 11) is 0. The molecule has 3 N–H and O–H groups in total. The maximum absolute atomic E-state index is 13.6. The van der Waals surface area contributed by atoms with Crippen molar-refractivity contribution in [3.8, 4) is 0 Å². The van der Waals surface area contributed by atoms with Crippen LogP contribution in [0.15, 0.2) is 66.7 Å². The van der Waals surface area contributed by atoms with Gasteiger partial charge in [0.15, 0.2) is 0 Å². The smallest absolute Gasteiger partial charge is 0.291 e. The van der Waals surface area contributed by atoms with Gasteiger partial charge in [0.2, 0.25) is 17.4 Å². The van der Waals surface area contributed by atoms with E-state index in [1.165, 1.54) is 4.90 Å². The van der Waals surface area contributed by atoms with Crippen molar-refractivity contribution < 1.29 is 19.7 Å². The maximum Gasteiger partial charge on any atom is 0.291 e. The van der Waals surface area contributed by atoms with Crippen molar-refractivity contribution in [1.29, 1.82) is 0 Å². The lowest BCUT2D eigenvalue weighted by molar-refractivity contribution is -0.703. The van der Waals surface area contributed by atoms with Gasteiger partial charge in [-0.2, -0.15) is 0 Å². The largest absolute Gasteiger partial charge is 0.328 e. The Balaban J connectivity index is 1.47. The fourth-order valence-corrected chi connectivity index (χ4v) is 5.30. The third-order valence-corrected chi connectivity index (χ3v) is 6.60. The Bertz CT molecular complexity index is 1240. The Morgan fingerprint density at radius 1 is 0.897 bits per heavy atom. The number of fused-ring (bicyclic) bond motifs is 5. The summed E-state index contributed by atoms with van der Waals surface area (Å²) in [5.74, 6) is -1.94. The molecule has 3 heterocycles. The molecule has 3 amide bonds. The third kappa shape index (κ3) is 1.96. The minimum atomic E-state index is -1.07. The summed E-state index contributed by atoms with van der Waals surface area (Å²) >= 11 is 0. The van der Waals surface area contributed by atoms with E-state index in [1.807, 2.05) is 66.0 Å². The van der Waals surface area contributed by atoms with Crippen LogP contribution in [-0.4, -0.2) is 24.3 Å². The second kappa shape index (κ2) is 5.52.